The highest BCUT2D eigenvalue weighted by molar-refractivity contribution is 5.58. The average Bonchev–Trinajstić information content (AvgIpc) is 3.43. The molecule has 200 valence electrons. The standard InChI is InChI=1S/C26H27F3N6O3/c1-32-16-30-31-23(32)10-25(14-38-15-25)19-4-2-5-20(9-19)34-13-22-21(26(27,28)29)8-18(12-35(22)24(34)36)11-33-6-3-7-37-17-33/h2,4-5,8-9,12-13,16H,3,6-7,10-11,14-15,17H2,1H3. The molecular formula is C26H27F3N6O3. The van der Waals surface area contributed by atoms with Gasteiger partial charge in [0.05, 0.1) is 36.7 Å². The Morgan fingerprint density at radius 3 is 2.63 bits per heavy atom. The Morgan fingerprint density at radius 1 is 1.13 bits per heavy atom. The Kier molecular flexibility index (Phi) is 6.12. The van der Waals surface area contributed by atoms with Crippen LogP contribution in [0.25, 0.3) is 11.2 Å². The fraction of sp³-hybridized carbons (Fsp3) is 0.423. The van der Waals surface area contributed by atoms with Gasteiger partial charge in [-0.25, -0.2) is 4.79 Å². The highest BCUT2D eigenvalue weighted by Crippen LogP contribution is 2.37. The van der Waals surface area contributed by atoms with Crippen molar-refractivity contribution in [2.24, 2.45) is 7.05 Å². The summed E-state index contributed by atoms with van der Waals surface area (Å²) in [5, 5.41) is 8.15. The lowest BCUT2D eigenvalue weighted by atomic mass is 9.75. The van der Waals surface area contributed by atoms with Crippen molar-refractivity contribution in [1.29, 1.82) is 0 Å². The number of aryl methyl sites for hydroxylation is 1. The van der Waals surface area contributed by atoms with Crippen molar-refractivity contribution in [2.75, 3.05) is 33.1 Å². The van der Waals surface area contributed by atoms with Gasteiger partial charge < -0.3 is 14.0 Å². The van der Waals surface area contributed by atoms with E-state index in [0.717, 1.165) is 34.8 Å². The number of halogens is 3. The Labute approximate surface area is 216 Å². The van der Waals surface area contributed by atoms with E-state index in [0.29, 0.717) is 44.2 Å². The summed E-state index contributed by atoms with van der Waals surface area (Å²) in [6.45, 7) is 2.91. The van der Waals surface area contributed by atoms with Gasteiger partial charge >= 0.3 is 11.9 Å². The van der Waals surface area contributed by atoms with E-state index in [4.69, 9.17) is 9.47 Å². The SMILES string of the molecule is Cn1cnnc1CC1(c2cccc(-n3cc4c(C(F)(F)F)cc(CN5CCCOC5)cn4c3=O)c2)COC1. The topological polar surface area (TPSA) is 78.8 Å². The molecule has 0 amide bonds. The van der Waals surface area contributed by atoms with Crippen LogP contribution < -0.4 is 5.69 Å². The van der Waals surface area contributed by atoms with Crippen LogP contribution >= 0.6 is 0 Å². The highest BCUT2D eigenvalue weighted by Gasteiger charge is 2.42. The number of ether oxygens (including phenoxy) is 2. The van der Waals surface area contributed by atoms with E-state index in [1.54, 1.807) is 12.4 Å². The van der Waals surface area contributed by atoms with Crippen molar-refractivity contribution < 1.29 is 22.6 Å². The quantitative estimate of drug-likeness (QED) is 0.383. The van der Waals surface area contributed by atoms with Crippen LogP contribution in [0.3, 0.4) is 0 Å². The number of imidazole rings is 1. The third-order valence-electron chi connectivity index (χ3n) is 7.37. The Bertz CT molecular complexity index is 1530. The van der Waals surface area contributed by atoms with Gasteiger partial charge in [0.15, 0.2) is 0 Å². The summed E-state index contributed by atoms with van der Waals surface area (Å²) >= 11 is 0. The van der Waals surface area contributed by atoms with Gasteiger partial charge in [-0.05, 0) is 35.7 Å². The number of alkyl halides is 3. The molecule has 38 heavy (non-hydrogen) atoms. The molecule has 3 aromatic heterocycles. The summed E-state index contributed by atoms with van der Waals surface area (Å²) in [6, 6.07) is 8.45. The number of hydrogen-bond donors (Lipinski definition) is 0. The molecule has 5 heterocycles. The number of pyridine rings is 1. The van der Waals surface area contributed by atoms with E-state index in [2.05, 4.69) is 10.2 Å². The van der Waals surface area contributed by atoms with E-state index < -0.39 is 17.4 Å². The fourth-order valence-corrected chi connectivity index (χ4v) is 5.25. The van der Waals surface area contributed by atoms with Crippen LogP contribution in [0.2, 0.25) is 0 Å². The number of aromatic nitrogens is 5. The van der Waals surface area contributed by atoms with Crippen molar-refractivity contribution in [3.63, 3.8) is 0 Å². The first-order valence-corrected chi connectivity index (χ1v) is 12.4. The van der Waals surface area contributed by atoms with Crippen LogP contribution in [0.1, 0.15) is 28.9 Å². The number of hydrogen-bond acceptors (Lipinski definition) is 6. The van der Waals surface area contributed by atoms with Crippen LogP contribution in [0.4, 0.5) is 13.2 Å². The second-order valence-electron chi connectivity index (χ2n) is 10.1. The Hall–Kier alpha value is -3.48. The summed E-state index contributed by atoms with van der Waals surface area (Å²) in [5.74, 6) is 0.798. The molecule has 2 aliphatic heterocycles. The molecular weight excluding hydrogens is 501 g/mol. The second-order valence-corrected chi connectivity index (χ2v) is 10.1. The third kappa shape index (κ3) is 4.42. The summed E-state index contributed by atoms with van der Waals surface area (Å²) in [5.41, 5.74) is -0.142. The molecule has 12 heteroatoms. The van der Waals surface area contributed by atoms with Gasteiger partial charge in [-0.1, -0.05) is 12.1 Å². The number of fused-ring (bicyclic) bond motifs is 1. The van der Waals surface area contributed by atoms with E-state index in [9.17, 15) is 18.0 Å². The Balaban J connectivity index is 1.41. The highest BCUT2D eigenvalue weighted by atomic mass is 19.4. The first-order valence-electron chi connectivity index (χ1n) is 12.4. The van der Waals surface area contributed by atoms with Gasteiger partial charge in [0, 0.05) is 51.0 Å². The molecule has 0 unspecified atom stereocenters. The molecule has 0 atom stereocenters. The van der Waals surface area contributed by atoms with Crippen molar-refractivity contribution in [2.45, 2.75) is 31.0 Å². The molecule has 6 rings (SSSR count). The zero-order valence-electron chi connectivity index (χ0n) is 20.8. The second kappa shape index (κ2) is 9.37. The first kappa shape index (κ1) is 24.8. The summed E-state index contributed by atoms with van der Waals surface area (Å²) in [4.78, 5) is 15.4. The lowest BCUT2D eigenvalue weighted by Gasteiger charge is -2.41. The lowest BCUT2D eigenvalue weighted by molar-refractivity contribution is -0.136. The van der Waals surface area contributed by atoms with Gasteiger partial charge in [0.25, 0.3) is 0 Å². The first-order chi connectivity index (χ1) is 18.2. The van der Waals surface area contributed by atoms with Gasteiger partial charge in [-0.15, -0.1) is 10.2 Å². The third-order valence-corrected chi connectivity index (χ3v) is 7.37. The normalized spacial score (nSPS) is 18.1. The predicted molar refractivity (Wildman–Crippen MR) is 131 cm³/mol. The van der Waals surface area contributed by atoms with E-state index in [1.807, 2.05) is 34.7 Å². The molecule has 0 N–H and O–H groups in total. The van der Waals surface area contributed by atoms with Crippen LogP contribution in [0, 0.1) is 0 Å². The van der Waals surface area contributed by atoms with Gasteiger partial charge in [-0.3, -0.25) is 13.9 Å². The fourth-order valence-electron chi connectivity index (χ4n) is 5.25. The van der Waals surface area contributed by atoms with Crippen molar-refractivity contribution >= 4 is 5.52 Å². The summed E-state index contributed by atoms with van der Waals surface area (Å²) < 4.78 is 57.6. The maximum absolute atomic E-state index is 14.1. The minimum absolute atomic E-state index is 0.188. The van der Waals surface area contributed by atoms with E-state index in [1.165, 1.54) is 17.0 Å². The zero-order chi connectivity index (χ0) is 26.5. The summed E-state index contributed by atoms with van der Waals surface area (Å²) in [7, 11) is 1.87. The molecule has 0 bridgehead atoms. The minimum Gasteiger partial charge on any atom is -0.379 e. The average molecular weight is 529 g/mol. The van der Waals surface area contributed by atoms with E-state index >= 15 is 0 Å². The number of rotatable bonds is 6. The molecule has 0 spiro atoms. The summed E-state index contributed by atoms with van der Waals surface area (Å²) in [6.07, 6.45) is 1.17. The van der Waals surface area contributed by atoms with Crippen LogP contribution in [-0.4, -0.2) is 61.7 Å². The lowest BCUT2D eigenvalue weighted by Crippen LogP contribution is -2.49. The maximum Gasteiger partial charge on any atom is 0.418 e. The molecule has 2 saturated heterocycles. The number of nitrogens with zero attached hydrogens (tertiary/aromatic N) is 6. The molecule has 1 aromatic carbocycles. The van der Waals surface area contributed by atoms with Crippen LogP contribution in [-0.2, 0) is 41.1 Å². The predicted octanol–water partition coefficient (Wildman–Crippen LogP) is 2.93. The van der Waals surface area contributed by atoms with Crippen molar-refractivity contribution in [3.05, 3.63) is 82.1 Å². The smallest absolute Gasteiger partial charge is 0.379 e. The Morgan fingerprint density at radius 2 is 1.97 bits per heavy atom. The van der Waals surface area contributed by atoms with Crippen LogP contribution in [0.15, 0.2) is 53.8 Å². The molecule has 4 aromatic rings. The van der Waals surface area contributed by atoms with Crippen molar-refractivity contribution in [3.8, 4) is 5.69 Å². The van der Waals surface area contributed by atoms with Crippen molar-refractivity contribution in [1.82, 2.24) is 28.6 Å². The molecule has 2 fully saturated rings. The van der Waals surface area contributed by atoms with E-state index in [-0.39, 0.29) is 17.5 Å². The molecule has 0 radical (unpaired) electrons. The van der Waals surface area contributed by atoms with Crippen LogP contribution in [0.5, 0.6) is 0 Å². The molecule has 0 saturated carbocycles. The molecule has 9 nitrogen and oxygen atoms in total. The molecule has 0 aliphatic carbocycles. The number of benzene rings is 1. The largest absolute Gasteiger partial charge is 0.418 e. The monoisotopic (exact) mass is 528 g/mol. The van der Waals surface area contributed by atoms with Gasteiger partial charge in [0.1, 0.15) is 12.2 Å². The maximum atomic E-state index is 14.1. The molecule has 2 aliphatic rings. The van der Waals surface area contributed by atoms with Gasteiger partial charge in [-0.2, -0.15) is 13.2 Å². The van der Waals surface area contributed by atoms with Gasteiger partial charge in [0.2, 0.25) is 0 Å². The zero-order valence-corrected chi connectivity index (χ0v) is 20.8. The minimum atomic E-state index is -4.62.